The summed E-state index contributed by atoms with van der Waals surface area (Å²) in [5, 5.41) is 7.72. The Balaban J connectivity index is 1.60. The van der Waals surface area contributed by atoms with Crippen molar-refractivity contribution in [2.24, 2.45) is 18.0 Å². The number of nitrogens with one attached hydrogen (secondary N) is 1. The first-order valence-electron chi connectivity index (χ1n) is 8.97. The summed E-state index contributed by atoms with van der Waals surface area (Å²) in [6.07, 6.45) is 7.34. The van der Waals surface area contributed by atoms with Crippen molar-refractivity contribution in [3.63, 3.8) is 0 Å². The number of aryl methyl sites for hydroxylation is 1. The molecule has 1 saturated heterocycles. The fraction of sp³-hybridized carbons (Fsp3) is 0.706. The molecule has 132 valence electrons. The monoisotopic (exact) mass is 332 g/mol. The van der Waals surface area contributed by atoms with E-state index < -0.39 is 0 Å². The van der Waals surface area contributed by atoms with Gasteiger partial charge in [0.1, 0.15) is 6.54 Å². The van der Waals surface area contributed by atoms with Gasteiger partial charge >= 0.3 is 0 Å². The van der Waals surface area contributed by atoms with Gasteiger partial charge in [-0.05, 0) is 25.7 Å². The molecule has 7 nitrogen and oxygen atoms in total. The molecule has 2 heterocycles. The Labute approximate surface area is 143 Å². The number of guanidine groups is 1. The molecule has 1 aliphatic heterocycles. The normalized spacial score (nSPS) is 24.5. The Morgan fingerprint density at radius 2 is 2.25 bits per heavy atom. The third kappa shape index (κ3) is 3.71. The van der Waals surface area contributed by atoms with E-state index in [1.807, 2.05) is 25.1 Å². The van der Waals surface area contributed by atoms with Crippen LogP contribution in [0.5, 0.6) is 0 Å². The molecule has 3 rings (SSSR count). The molecular weight excluding hydrogens is 304 g/mol. The number of piperazine rings is 1. The van der Waals surface area contributed by atoms with E-state index >= 15 is 0 Å². The molecule has 0 radical (unpaired) electrons. The van der Waals surface area contributed by atoms with Gasteiger partial charge in [-0.25, -0.2) is 0 Å². The summed E-state index contributed by atoms with van der Waals surface area (Å²) >= 11 is 0. The number of rotatable bonds is 5. The number of anilines is 1. The summed E-state index contributed by atoms with van der Waals surface area (Å²) in [5.41, 5.74) is 0.870. The van der Waals surface area contributed by atoms with Crippen LogP contribution in [-0.2, 0) is 11.8 Å². The first-order valence-corrected chi connectivity index (χ1v) is 8.97. The maximum Gasteiger partial charge on any atom is 0.246 e. The van der Waals surface area contributed by atoms with Crippen LogP contribution in [0.15, 0.2) is 17.4 Å². The highest BCUT2D eigenvalue weighted by molar-refractivity contribution is 5.98. The van der Waals surface area contributed by atoms with Crippen LogP contribution in [-0.4, -0.2) is 58.8 Å². The second-order valence-corrected chi connectivity index (χ2v) is 6.67. The topological polar surface area (TPSA) is 65.8 Å². The van der Waals surface area contributed by atoms with Gasteiger partial charge in [-0.15, -0.1) is 0 Å². The molecular formula is C17H28N6O. The zero-order chi connectivity index (χ0) is 17.1. The average Bonchev–Trinajstić information content (AvgIpc) is 3.14. The molecule has 1 saturated carbocycles. The highest BCUT2D eigenvalue weighted by atomic mass is 16.2. The van der Waals surface area contributed by atoms with Crippen molar-refractivity contribution >= 4 is 17.6 Å². The van der Waals surface area contributed by atoms with Crippen molar-refractivity contribution < 1.29 is 4.79 Å². The lowest BCUT2D eigenvalue weighted by atomic mass is 10.2. The van der Waals surface area contributed by atoms with E-state index in [-0.39, 0.29) is 5.91 Å². The van der Waals surface area contributed by atoms with E-state index in [2.05, 4.69) is 27.2 Å². The summed E-state index contributed by atoms with van der Waals surface area (Å²) in [6, 6.07) is 0.529. The van der Waals surface area contributed by atoms with E-state index in [1.165, 1.54) is 19.3 Å². The molecule has 0 aromatic carbocycles. The van der Waals surface area contributed by atoms with E-state index in [0.29, 0.717) is 19.1 Å². The van der Waals surface area contributed by atoms with Gasteiger partial charge in [-0.3, -0.25) is 14.5 Å². The van der Waals surface area contributed by atoms with Gasteiger partial charge in [-0.1, -0.05) is 13.3 Å². The SMILES string of the molecule is CCCC1CC1NC(=NCC)N1CCN(c2cnn(C)c2)C(=O)C1. The Bertz CT molecular complexity index is 610. The molecule has 1 aliphatic carbocycles. The van der Waals surface area contributed by atoms with Gasteiger partial charge in [0.25, 0.3) is 0 Å². The third-order valence-electron chi connectivity index (χ3n) is 4.73. The summed E-state index contributed by atoms with van der Waals surface area (Å²) in [7, 11) is 1.86. The Hall–Kier alpha value is -2.05. The smallest absolute Gasteiger partial charge is 0.246 e. The predicted octanol–water partition coefficient (Wildman–Crippen LogP) is 1.22. The van der Waals surface area contributed by atoms with Gasteiger partial charge in [0, 0.05) is 38.9 Å². The maximum absolute atomic E-state index is 12.6. The van der Waals surface area contributed by atoms with Crippen molar-refractivity contribution in [1.82, 2.24) is 20.0 Å². The van der Waals surface area contributed by atoms with Crippen LogP contribution in [0.25, 0.3) is 0 Å². The minimum absolute atomic E-state index is 0.0979. The number of carbonyl (C=O) groups excluding carboxylic acids is 1. The molecule has 24 heavy (non-hydrogen) atoms. The average molecular weight is 332 g/mol. The molecule has 1 aromatic rings. The van der Waals surface area contributed by atoms with Crippen LogP contribution in [0.3, 0.4) is 0 Å². The van der Waals surface area contributed by atoms with Crippen molar-refractivity contribution in [1.29, 1.82) is 0 Å². The summed E-state index contributed by atoms with van der Waals surface area (Å²) in [4.78, 5) is 21.1. The largest absolute Gasteiger partial charge is 0.353 e. The van der Waals surface area contributed by atoms with Crippen molar-refractivity contribution in [2.75, 3.05) is 31.1 Å². The van der Waals surface area contributed by atoms with Crippen molar-refractivity contribution in [2.45, 2.75) is 39.2 Å². The van der Waals surface area contributed by atoms with Crippen LogP contribution < -0.4 is 10.2 Å². The molecule has 1 N–H and O–H groups in total. The van der Waals surface area contributed by atoms with Crippen LogP contribution >= 0.6 is 0 Å². The molecule has 2 atom stereocenters. The third-order valence-corrected chi connectivity index (χ3v) is 4.73. The number of aliphatic imine (C=N–C) groups is 1. The lowest BCUT2D eigenvalue weighted by Gasteiger charge is -2.35. The highest BCUT2D eigenvalue weighted by Gasteiger charge is 2.38. The Morgan fingerprint density at radius 1 is 1.42 bits per heavy atom. The van der Waals surface area contributed by atoms with Gasteiger partial charge in [-0.2, -0.15) is 5.10 Å². The fourth-order valence-electron chi connectivity index (χ4n) is 3.34. The molecule has 0 bridgehead atoms. The fourth-order valence-corrected chi connectivity index (χ4v) is 3.34. The van der Waals surface area contributed by atoms with Crippen molar-refractivity contribution in [3.8, 4) is 0 Å². The van der Waals surface area contributed by atoms with E-state index in [9.17, 15) is 4.79 Å². The van der Waals surface area contributed by atoms with Gasteiger partial charge in [0.2, 0.25) is 5.91 Å². The molecule has 1 amide bonds. The second kappa shape index (κ2) is 7.23. The Kier molecular flexibility index (Phi) is 5.06. The molecule has 2 aliphatic rings. The molecule has 2 unspecified atom stereocenters. The van der Waals surface area contributed by atoms with Crippen LogP contribution in [0.1, 0.15) is 33.1 Å². The van der Waals surface area contributed by atoms with Crippen molar-refractivity contribution in [3.05, 3.63) is 12.4 Å². The van der Waals surface area contributed by atoms with Gasteiger partial charge in [0.15, 0.2) is 5.96 Å². The van der Waals surface area contributed by atoms with E-state index in [1.54, 1.807) is 10.9 Å². The number of aromatic nitrogens is 2. The van der Waals surface area contributed by atoms with Crippen LogP contribution in [0.4, 0.5) is 5.69 Å². The zero-order valence-electron chi connectivity index (χ0n) is 14.9. The number of carbonyl (C=O) groups is 1. The summed E-state index contributed by atoms with van der Waals surface area (Å²) < 4.78 is 1.72. The number of amides is 1. The van der Waals surface area contributed by atoms with Crippen LogP contribution in [0, 0.1) is 5.92 Å². The maximum atomic E-state index is 12.6. The van der Waals surface area contributed by atoms with Gasteiger partial charge in [0.05, 0.1) is 11.9 Å². The quantitative estimate of drug-likeness (QED) is 0.650. The zero-order valence-corrected chi connectivity index (χ0v) is 14.9. The number of nitrogens with zero attached hydrogens (tertiary/aromatic N) is 5. The first kappa shape index (κ1) is 16.8. The summed E-state index contributed by atoms with van der Waals surface area (Å²) in [6.45, 7) is 6.81. The minimum Gasteiger partial charge on any atom is -0.353 e. The molecule has 2 fully saturated rings. The minimum atomic E-state index is 0.0979. The molecule has 0 spiro atoms. The molecule has 7 heteroatoms. The van der Waals surface area contributed by atoms with E-state index in [4.69, 9.17) is 0 Å². The standard InChI is InChI=1S/C17H28N6O/c1-4-6-13-9-15(13)20-17(18-5-2)22-7-8-23(16(24)12-22)14-10-19-21(3)11-14/h10-11,13,15H,4-9,12H2,1-3H3,(H,18,20). The number of hydrogen-bond donors (Lipinski definition) is 1. The molecule has 1 aromatic heterocycles. The van der Waals surface area contributed by atoms with Gasteiger partial charge < -0.3 is 15.1 Å². The summed E-state index contributed by atoms with van der Waals surface area (Å²) in [5.74, 6) is 1.76. The first-order chi connectivity index (χ1) is 11.6. The lowest BCUT2D eigenvalue weighted by molar-refractivity contribution is -0.120. The van der Waals surface area contributed by atoms with Crippen LogP contribution in [0.2, 0.25) is 0 Å². The van der Waals surface area contributed by atoms with E-state index in [0.717, 1.165) is 30.7 Å². The Morgan fingerprint density at radius 3 is 2.88 bits per heavy atom. The lowest BCUT2D eigenvalue weighted by Crippen LogP contribution is -2.55. The predicted molar refractivity (Wildman–Crippen MR) is 95.0 cm³/mol. The highest BCUT2D eigenvalue weighted by Crippen LogP contribution is 2.34. The number of hydrogen-bond acceptors (Lipinski definition) is 3. The second-order valence-electron chi connectivity index (χ2n) is 6.67.